The van der Waals surface area contributed by atoms with Crippen LogP contribution in [0.5, 0.6) is 0 Å². The van der Waals surface area contributed by atoms with Gasteiger partial charge in [0, 0.05) is 0 Å². The van der Waals surface area contributed by atoms with Crippen molar-refractivity contribution in [2.75, 3.05) is 0 Å². The molecule has 0 aliphatic heterocycles. The van der Waals surface area contributed by atoms with Gasteiger partial charge in [-0.1, -0.05) is 30.7 Å². The van der Waals surface area contributed by atoms with Crippen molar-refractivity contribution in [3.05, 3.63) is 35.4 Å². The summed E-state index contributed by atoms with van der Waals surface area (Å²) in [5.41, 5.74) is 2.69. The largest absolute Gasteiger partial charge is 0.388 e. The summed E-state index contributed by atoms with van der Waals surface area (Å²) in [6, 6.07) is 8.65. The number of fused-ring (bicyclic) bond motifs is 1. The van der Waals surface area contributed by atoms with E-state index in [2.05, 4.69) is 24.3 Å². The Morgan fingerprint density at radius 3 is 2.39 bits per heavy atom. The first-order valence-electron chi connectivity index (χ1n) is 7.60. The van der Waals surface area contributed by atoms with Crippen LogP contribution in [-0.4, -0.2) is 5.11 Å². The van der Waals surface area contributed by atoms with Crippen LogP contribution in [0.1, 0.15) is 61.7 Å². The Morgan fingerprint density at radius 1 is 1.00 bits per heavy atom. The Kier molecular flexibility index (Phi) is 2.51. The van der Waals surface area contributed by atoms with E-state index in [0.717, 1.165) is 17.8 Å². The molecule has 1 N–H and O–H groups in total. The molecule has 3 aliphatic carbocycles. The molecule has 0 heterocycles. The molecule has 0 spiro atoms. The van der Waals surface area contributed by atoms with Gasteiger partial charge in [0.2, 0.25) is 0 Å². The van der Waals surface area contributed by atoms with Gasteiger partial charge >= 0.3 is 0 Å². The maximum atomic E-state index is 10.7. The molecular formula is C17H22O. The van der Waals surface area contributed by atoms with E-state index in [1.807, 2.05) is 0 Å². The summed E-state index contributed by atoms with van der Waals surface area (Å²) < 4.78 is 0. The Bertz CT molecular complexity index is 439. The second-order valence-corrected chi connectivity index (χ2v) is 6.69. The number of rotatable bonds is 3. The fraction of sp³-hybridized carbons (Fsp3) is 0.647. The van der Waals surface area contributed by atoms with Crippen molar-refractivity contribution in [3.8, 4) is 0 Å². The number of aliphatic hydroxyl groups excluding tert-OH is 1. The summed E-state index contributed by atoms with van der Waals surface area (Å²) in [4.78, 5) is 0. The average Bonchev–Trinajstić information content (AvgIpc) is 2.94. The lowest BCUT2D eigenvalue weighted by Crippen LogP contribution is -2.17. The molecule has 18 heavy (non-hydrogen) atoms. The number of hydrogen-bond donors (Lipinski definition) is 1. The second kappa shape index (κ2) is 4.09. The monoisotopic (exact) mass is 242 g/mol. The van der Waals surface area contributed by atoms with Gasteiger partial charge in [0.15, 0.2) is 0 Å². The van der Waals surface area contributed by atoms with Gasteiger partial charge in [0.05, 0.1) is 6.10 Å². The molecule has 1 nitrogen and oxygen atoms in total. The molecule has 0 amide bonds. The highest BCUT2D eigenvalue weighted by molar-refractivity contribution is 5.34. The van der Waals surface area contributed by atoms with Crippen LogP contribution in [0.25, 0.3) is 0 Å². The minimum atomic E-state index is -0.199. The van der Waals surface area contributed by atoms with Crippen LogP contribution in [0.15, 0.2) is 24.3 Å². The van der Waals surface area contributed by atoms with Crippen LogP contribution in [0, 0.1) is 17.8 Å². The molecule has 96 valence electrons. The SMILES string of the molecule is OC(c1ccccc1C1CCC1)C1CC2CC2C1. The Hall–Kier alpha value is -0.820. The highest BCUT2D eigenvalue weighted by atomic mass is 16.3. The van der Waals surface area contributed by atoms with E-state index < -0.39 is 0 Å². The highest BCUT2D eigenvalue weighted by Gasteiger charge is 2.48. The van der Waals surface area contributed by atoms with Crippen LogP contribution < -0.4 is 0 Å². The van der Waals surface area contributed by atoms with E-state index in [1.165, 1.54) is 49.7 Å². The van der Waals surface area contributed by atoms with E-state index in [9.17, 15) is 5.11 Å². The third kappa shape index (κ3) is 1.72. The fourth-order valence-corrected chi connectivity index (χ4v) is 4.14. The van der Waals surface area contributed by atoms with Crippen LogP contribution in [0.4, 0.5) is 0 Å². The summed E-state index contributed by atoms with van der Waals surface area (Å²) in [7, 11) is 0. The molecule has 3 saturated carbocycles. The van der Waals surface area contributed by atoms with Gasteiger partial charge in [0.25, 0.3) is 0 Å². The van der Waals surface area contributed by atoms with Crippen molar-refractivity contribution in [2.24, 2.45) is 17.8 Å². The minimum absolute atomic E-state index is 0.199. The maximum Gasteiger partial charge on any atom is 0.0821 e. The lowest BCUT2D eigenvalue weighted by Gasteiger charge is -2.31. The Balaban J connectivity index is 1.58. The predicted molar refractivity (Wildman–Crippen MR) is 72.3 cm³/mol. The topological polar surface area (TPSA) is 20.2 Å². The van der Waals surface area contributed by atoms with Crippen LogP contribution >= 0.6 is 0 Å². The van der Waals surface area contributed by atoms with Gasteiger partial charge in [-0.25, -0.2) is 0 Å². The third-order valence-corrected chi connectivity index (χ3v) is 5.59. The molecule has 0 bridgehead atoms. The van der Waals surface area contributed by atoms with Crippen molar-refractivity contribution in [1.29, 1.82) is 0 Å². The molecule has 3 atom stereocenters. The highest BCUT2D eigenvalue weighted by Crippen LogP contribution is 2.57. The lowest BCUT2D eigenvalue weighted by atomic mass is 9.76. The molecular weight excluding hydrogens is 220 g/mol. The Morgan fingerprint density at radius 2 is 1.72 bits per heavy atom. The average molecular weight is 242 g/mol. The van der Waals surface area contributed by atoms with E-state index in [4.69, 9.17) is 0 Å². The van der Waals surface area contributed by atoms with E-state index in [0.29, 0.717) is 5.92 Å². The van der Waals surface area contributed by atoms with E-state index in [-0.39, 0.29) is 6.10 Å². The number of hydrogen-bond acceptors (Lipinski definition) is 1. The molecule has 0 aromatic heterocycles. The normalized spacial score (nSPS) is 35.9. The zero-order valence-electron chi connectivity index (χ0n) is 10.9. The molecule has 0 saturated heterocycles. The molecule has 0 radical (unpaired) electrons. The van der Waals surface area contributed by atoms with Crippen molar-refractivity contribution < 1.29 is 5.11 Å². The standard InChI is InChI=1S/C17H22O/c18-17(14-9-12-8-13(12)10-14)16-7-2-1-6-15(16)11-4-3-5-11/h1-2,6-7,11-14,17-18H,3-5,8-10H2. The van der Waals surface area contributed by atoms with Gasteiger partial charge < -0.3 is 5.11 Å². The summed E-state index contributed by atoms with van der Waals surface area (Å²) in [5, 5.41) is 10.7. The van der Waals surface area contributed by atoms with Crippen molar-refractivity contribution in [3.63, 3.8) is 0 Å². The van der Waals surface area contributed by atoms with Gasteiger partial charge in [-0.15, -0.1) is 0 Å². The van der Waals surface area contributed by atoms with E-state index >= 15 is 0 Å². The summed E-state index contributed by atoms with van der Waals surface area (Å²) in [6.45, 7) is 0. The summed E-state index contributed by atoms with van der Waals surface area (Å²) >= 11 is 0. The number of benzene rings is 1. The van der Waals surface area contributed by atoms with Gasteiger partial charge in [0.1, 0.15) is 0 Å². The molecule has 4 rings (SSSR count). The molecule has 3 unspecified atom stereocenters. The summed E-state index contributed by atoms with van der Waals surface area (Å²) in [6.07, 6.45) is 7.78. The minimum Gasteiger partial charge on any atom is -0.388 e. The first kappa shape index (κ1) is 11.0. The van der Waals surface area contributed by atoms with Crippen LogP contribution in [-0.2, 0) is 0 Å². The lowest BCUT2D eigenvalue weighted by molar-refractivity contribution is 0.102. The smallest absolute Gasteiger partial charge is 0.0821 e. The number of aliphatic hydroxyl groups is 1. The van der Waals surface area contributed by atoms with Crippen molar-refractivity contribution >= 4 is 0 Å². The predicted octanol–water partition coefficient (Wildman–Crippen LogP) is 4.03. The zero-order valence-corrected chi connectivity index (χ0v) is 10.9. The van der Waals surface area contributed by atoms with Crippen LogP contribution in [0.2, 0.25) is 0 Å². The first-order chi connectivity index (χ1) is 8.83. The third-order valence-electron chi connectivity index (χ3n) is 5.59. The van der Waals surface area contributed by atoms with Gasteiger partial charge in [-0.3, -0.25) is 0 Å². The molecule has 3 aliphatic rings. The first-order valence-corrected chi connectivity index (χ1v) is 7.60. The van der Waals surface area contributed by atoms with Gasteiger partial charge in [-0.05, 0) is 66.9 Å². The molecule has 1 aromatic rings. The van der Waals surface area contributed by atoms with Crippen molar-refractivity contribution in [2.45, 2.75) is 50.5 Å². The maximum absolute atomic E-state index is 10.7. The van der Waals surface area contributed by atoms with Gasteiger partial charge in [-0.2, -0.15) is 0 Å². The summed E-state index contributed by atoms with van der Waals surface area (Å²) in [5.74, 6) is 3.18. The quantitative estimate of drug-likeness (QED) is 0.848. The molecule has 1 aromatic carbocycles. The van der Waals surface area contributed by atoms with Crippen molar-refractivity contribution in [1.82, 2.24) is 0 Å². The van der Waals surface area contributed by atoms with Crippen LogP contribution in [0.3, 0.4) is 0 Å². The Labute approximate surface area is 109 Å². The van der Waals surface area contributed by atoms with E-state index in [1.54, 1.807) is 0 Å². The fourth-order valence-electron chi connectivity index (χ4n) is 4.14. The molecule has 1 heteroatoms. The second-order valence-electron chi connectivity index (χ2n) is 6.69. The zero-order chi connectivity index (χ0) is 12.1. The molecule has 3 fully saturated rings.